The minimum atomic E-state index is -1.32. The summed E-state index contributed by atoms with van der Waals surface area (Å²) in [6.07, 6.45) is 2.22. The van der Waals surface area contributed by atoms with Crippen LogP contribution >= 0.6 is 0 Å². The first-order chi connectivity index (χ1) is 17.7. The van der Waals surface area contributed by atoms with Crippen LogP contribution in [0.1, 0.15) is 51.5 Å². The van der Waals surface area contributed by atoms with Crippen molar-refractivity contribution < 1.29 is 38.1 Å². The molecule has 0 amide bonds. The van der Waals surface area contributed by atoms with Gasteiger partial charge in [-0.1, -0.05) is 0 Å². The Hall–Kier alpha value is -4.60. The van der Waals surface area contributed by atoms with Crippen LogP contribution in [-0.4, -0.2) is 35.4 Å². The van der Waals surface area contributed by atoms with Gasteiger partial charge in [-0.25, -0.2) is 9.59 Å². The highest BCUT2D eigenvalue weighted by Gasteiger charge is 2.16. The Morgan fingerprint density at radius 2 is 1.11 bits per heavy atom. The van der Waals surface area contributed by atoms with Crippen molar-refractivity contribution in [2.45, 2.75) is 33.1 Å². The van der Waals surface area contributed by atoms with Gasteiger partial charge in [-0.3, -0.25) is 9.59 Å². The summed E-state index contributed by atoms with van der Waals surface area (Å²) < 4.78 is 22.4. The van der Waals surface area contributed by atoms with Crippen LogP contribution in [0.4, 0.5) is 0 Å². The Morgan fingerprint density at radius 3 is 1.49 bits per heavy atom. The van der Waals surface area contributed by atoms with Crippen molar-refractivity contribution in [2.75, 3.05) is 13.2 Å². The molecule has 37 heavy (non-hydrogen) atoms. The second-order valence-corrected chi connectivity index (χ2v) is 8.45. The topological polar surface area (TPSA) is 153 Å². The van der Waals surface area contributed by atoms with E-state index >= 15 is 0 Å². The van der Waals surface area contributed by atoms with E-state index in [2.05, 4.69) is 0 Å². The quantitative estimate of drug-likeness (QED) is 0.292. The number of rotatable bonds is 10. The molecule has 0 fully saturated rings. The van der Waals surface area contributed by atoms with Gasteiger partial charge < -0.3 is 28.5 Å². The van der Waals surface area contributed by atoms with Gasteiger partial charge in [0, 0.05) is 23.3 Å². The number of ether oxygens (including phenoxy) is 2. The molecule has 0 unspecified atom stereocenters. The second-order valence-electron chi connectivity index (χ2n) is 8.45. The van der Waals surface area contributed by atoms with Gasteiger partial charge in [-0.15, -0.1) is 0 Å². The van der Waals surface area contributed by atoms with Gasteiger partial charge in [0.05, 0.1) is 24.0 Å². The summed E-state index contributed by atoms with van der Waals surface area (Å²) >= 11 is 0. The summed E-state index contributed by atoms with van der Waals surface area (Å²) in [5.41, 5.74) is 0.607. The molecule has 0 atom stereocenters. The molecular formula is C27H24O10. The zero-order valence-corrected chi connectivity index (χ0v) is 20.2. The van der Waals surface area contributed by atoms with E-state index in [0.717, 1.165) is 18.6 Å². The summed E-state index contributed by atoms with van der Waals surface area (Å²) in [5, 5.41) is 18.8. The average Bonchev–Trinajstić information content (AvgIpc) is 2.86. The number of carboxylic acids is 2. The van der Waals surface area contributed by atoms with Gasteiger partial charge in [0.25, 0.3) is 0 Å². The number of hydrogen-bond donors (Lipinski definition) is 2. The third-order valence-corrected chi connectivity index (χ3v) is 5.92. The van der Waals surface area contributed by atoms with E-state index in [1.807, 2.05) is 0 Å². The number of unbranched alkanes of at least 4 members (excludes halogenated alkanes) is 2. The molecule has 0 saturated heterocycles. The molecule has 10 nitrogen and oxygen atoms in total. The van der Waals surface area contributed by atoms with Crippen LogP contribution in [-0.2, 0) is 0 Å². The molecule has 192 valence electrons. The number of aromatic carboxylic acids is 2. The first-order valence-corrected chi connectivity index (χ1v) is 11.5. The molecule has 0 aliphatic rings. The van der Waals surface area contributed by atoms with Gasteiger partial charge in [0.2, 0.25) is 11.5 Å². The van der Waals surface area contributed by atoms with Crippen LogP contribution in [0.15, 0.2) is 54.8 Å². The predicted molar refractivity (Wildman–Crippen MR) is 133 cm³/mol. The number of carbonyl (C=O) groups is 2. The summed E-state index contributed by atoms with van der Waals surface area (Å²) in [6, 6.07) is 8.33. The van der Waals surface area contributed by atoms with Crippen molar-refractivity contribution in [3.63, 3.8) is 0 Å². The van der Waals surface area contributed by atoms with Gasteiger partial charge in [0.1, 0.15) is 22.7 Å². The van der Waals surface area contributed by atoms with E-state index in [1.165, 1.54) is 0 Å². The van der Waals surface area contributed by atoms with Crippen molar-refractivity contribution in [1.29, 1.82) is 0 Å². The van der Waals surface area contributed by atoms with Gasteiger partial charge >= 0.3 is 11.9 Å². The van der Waals surface area contributed by atoms with Crippen molar-refractivity contribution in [2.24, 2.45) is 0 Å². The van der Waals surface area contributed by atoms with Gasteiger partial charge in [-0.2, -0.15) is 0 Å². The number of benzene rings is 2. The SMILES string of the molecule is Cc1c(OCCCCCOc2ccc3c(=O)cc(C(=O)O)oc3c2C)ccc2c(=O)cc(C(=O)O)oc12. The lowest BCUT2D eigenvalue weighted by molar-refractivity contribution is 0.0653. The number of carboxylic acid groups (broad SMARTS) is 2. The molecule has 4 rings (SSSR count). The van der Waals surface area contributed by atoms with E-state index in [1.54, 1.807) is 38.1 Å². The molecular weight excluding hydrogens is 484 g/mol. The van der Waals surface area contributed by atoms with Crippen molar-refractivity contribution in [1.82, 2.24) is 0 Å². The van der Waals surface area contributed by atoms with Crippen molar-refractivity contribution in [3.05, 3.63) is 79.5 Å². The highest BCUT2D eigenvalue weighted by Crippen LogP contribution is 2.28. The first kappa shape index (κ1) is 25.5. The molecule has 0 spiro atoms. The molecule has 4 aromatic rings. The molecule has 2 heterocycles. The maximum atomic E-state index is 12.2. The highest BCUT2D eigenvalue weighted by molar-refractivity contribution is 5.90. The van der Waals surface area contributed by atoms with Crippen LogP contribution in [0, 0.1) is 13.8 Å². The third-order valence-electron chi connectivity index (χ3n) is 5.92. The van der Waals surface area contributed by atoms with Crippen molar-refractivity contribution >= 4 is 33.9 Å². The van der Waals surface area contributed by atoms with Gasteiger partial charge in [0.15, 0.2) is 10.9 Å². The normalized spacial score (nSPS) is 11.1. The lowest BCUT2D eigenvalue weighted by Gasteiger charge is -2.12. The minimum Gasteiger partial charge on any atom is -0.493 e. The predicted octanol–water partition coefficient (Wildman–Crippen LogP) is 4.54. The fourth-order valence-corrected chi connectivity index (χ4v) is 3.94. The van der Waals surface area contributed by atoms with E-state index in [4.69, 9.17) is 28.5 Å². The molecule has 2 aromatic carbocycles. The largest absolute Gasteiger partial charge is 0.493 e. The molecule has 2 N–H and O–H groups in total. The monoisotopic (exact) mass is 508 g/mol. The number of aryl methyl sites for hydroxylation is 2. The van der Waals surface area contributed by atoms with Crippen LogP contribution in [0.25, 0.3) is 21.9 Å². The smallest absolute Gasteiger partial charge is 0.371 e. The molecule has 0 aliphatic heterocycles. The fraction of sp³-hybridized carbons (Fsp3) is 0.259. The zero-order chi connectivity index (χ0) is 26.7. The summed E-state index contributed by atoms with van der Waals surface area (Å²) in [6.45, 7) is 4.20. The van der Waals surface area contributed by atoms with Crippen LogP contribution in [0.5, 0.6) is 11.5 Å². The Balaban J connectivity index is 1.31. The Bertz CT molecular complexity index is 1510. The molecule has 10 heteroatoms. The van der Waals surface area contributed by atoms with E-state index in [9.17, 15) is 19.2 Å². The first-order valence-electron chi connectivity index (χ1n) is 11.5. The van der Waals surface area contributed by atoms with E-state index in [0.29, 0.717) is 48.7 Å². The Labute approximate surface area is 209 Å². The molecule has 0 radical (unpaired) electrons. The zero-order valence-electron chi connectivity index (χ0n) is 20.2. The Morgan fingerprint density at radius 1 is 0.703 bits per heavy atom. The molecule has 2 aromatic heterocycles. The molecule has 0 saturated carbocycles. The second kappa shape index (κ2) is 10.6. The van der Waals surface area contributed by atoms with E-state index < -0.39 is 34.3 Å². The van der Waals surface area contributed by atoms with E-state index in [-0.39, 0.29) is 21.9 Å². The number of hydrogen-bond acceptors (Lipinski definition) is 8. The maximum Gasteiger partial charge on any atom is 0.371 e. The lowest BCUT2D eigenvalue weighted by Crippen LogP contribution is -2.08. The summed E-state index contributed by atoms with van der Waals surface area (Å²) in [7, 11) is 0. The molecule has 0 aliphatic carbocycles. The van der Waals surface area contributed by atoms with Crippen molar-refractivity contribution in [3.8, 4) is 11.5 Å². The summed E-state index contributed by atoms with van der Waals surface area (Å²) in [5.74, 6) is -2.49. The third kappa shape index (κ3) is 5.32. The van der Waals surface area contributed by atoms with Crippen LogP contribution in [0.3, 0.4) is 0 Å². The standard InChI is InChI=1S/C27H24O10/c1-14-20(8-6-16-18(28)12-22(26(30)31)36-24(14)16)34-10-4-3-5-11-35-21-9-7-17-19(29)13-23(27(32)33)37-25(17)15(21)2/h6-9,12-13H,3-5,10-11H2,1-2H3,(H,30,31)(H,32,33). The average molecular weight is 508 g/mol. The fourth-order valence-electron chi connectivity index (χ4n) is 3.94. The summed E-state index contributed by atoms with van der Waals surface area (Å²) in [4.78, 5) is 46.7. The molecule has 0 bridgehead atoms. The number of fused-ring (bicyclic) bond motifs is 2. The maximum absolute atomic E-state index is 12.2. The van der Waals surface area contributed by atoms with Crippen LogP contribution in [0.2, 0.25) is 0 Å². The minimum absolute atomic E-state index is 0.188. The van der Waals surface area contributed by atoms with Crippen LogP contribution < -0.4 is 20.3 Å². The van der Waals surface area contributed by atoms with Gasteiger partial charge in [-0.05, 0) is 57.4 Å². The lowest BCUT2D eigenvalue weighted by atomic mass is 10.1. The highest BCUT2D eigenvalue weighted by atomic mass is 16.5. The Kier molecular flexibility index (Phi) is 7.28.